The van der Waals surface area contributed by atoms with Crippen molar-refractivity contribution in [3.8, 4) is 0 Å². The summed E-state index contributed by atoms with van der Waals surface area (Å²) in [4.78, 5) is 20.9. The monoisotopic (exact) mass is 399 g/mol. The van der Waals surface area contributed by atoms with Crippen LogP contribution in [-0.2, 0) is 17.9 Å². The first kappa shape index (κ1) is 21.6. The Morgan fingerprint density at radius 1 is 1.03 bits per heavy atom. The van der Waals surface area contributed by atoms with Crippen molar-refractivity contribution in [1.29, 1.82) is 0 Å². The SMILES string of the molecule is CN=C(NCc1ccccc1CN1CCCC1=O)NCC(C)(C)N1CCCCC1. The molecule has 0 aromatic heterocycles. The van der Waals surface area contributed by atoms with E-state index < -0.39 is 0 Å². The van der Waals surface area contributed by atoms with Gasteiger partial charge >= 0.3 is 0 Å². The maximum absolute atomic E-state index is 12.0. The summed E-state index contributed by atoms with van der Waals surface area (Å²) >= 11 is 0. The zero-order valence-electron chi connectivity index (χ0n) is 18.3. The number of aliphatic imine (C=N–C) groups is 1. The number of likely N-dealkylation sites (tertiary alicyclic amines) is 2. The van der Waals surface area contributed by atoms with Gasteiger partial charge in [-0.3, -0.25) is 14.7 Å². The summed E-state index contributed by atoms with van der Waals surface area (Å²) in [6, 6.07) is 8.36. The smallest absolute Gasteiger partial charge is 0.222 e. The van der Waals surface area contributed by atoms with Crippen molar-refractivity contribution >= 4 is 11.9 Å². The summed E-state index contributed by atoms with van der Waals surface area (Å²) < 4.78 is 0. The van der Waals surface area contributed by atoms with Crippen LogP contribution in [0.2, 0.25) is 0 Å². The van der Waals surface area contributed by atoms with Crippen LogP contribution in [0, 0.1) is 0 Å². The molecule has 1 aromatic rings. The van der Waals surface area contributed by atoms with Gasteiger partial charge in [-0.05, 0) is 57.3 Å². The van der Waals surface area contributed by atoms with Gasteiger partial charge in [0.15, 0.2) is 5.96 Å². The lowest BCUT2D eigenvalue weighted by Crippen LogP contribution is -2.54. The highest BCUT2D eigenvalue weighted by Crippen LogP contribution is 2.20. The summed E-state index contributed by atoms with van der Waals surface area (Å²) in [6.07, 6.45) is 5.61. The largest absolute Gasteiger partial charge is 0.355 e. The lowest BCUT2D eigenvalue weighted by atomic mass is 9.98. The predicted molar refractivity (Wildman–Crippen MR) is 119 cm³/mol. The molecule has 2 aliphatic rings. The van der Waals surface area contributed by atoms with Crippen molar-refractivity contribution in [1.82, 2.24) is 20.4 Å². The van der Waals surface area contributed by atoms with Gasteiger partial charge in [0.25, 0.3) is 0 Å². The standard InChI is InChI=1S/C23H37N5O/c1-23(2,28-14-7-4-8-15-28)18-26-22(24-3)25-16-19-10-5-6-11-20(19)17-27-13-9-12-21(27)29/h5-6,10-11H,4,7-9,12-18H2,1-3H3,(H2,24,25,26). The Labute approximate surface area is 175 Å². The Balaban J connectivity index is 1.53. The summed E-state index contributed by atoms with van der Waals surface area (Å²) in [5.74, 6) is 1.09. The second-order valence-electron chi connectivity index (χ2n) is 8.83. The summed E-state index contributed by atoms with van der Waals surface area (Å²) in [5, 5.41) is 6.96. The Bertz CT molecular complexity index is 709. The molecule has 0 spiro atoms. The molecule has 6 nitrogen and oxygen atoms in total. The van der Waals surface area contributed by atoms with Crippen LogP contribution in [0.5, 0.6) is 0 Å². The van der Waals surface area contributed by atoms with Crippen LogP contribution in [0.4, 0.5) is 0 Å². The van der Waals surface area contributed by atoms with E-state index in [1.165, 1.54) is 43.5 Å². The second-order valence-corrected chi connectivity index (χ2v) is 8.83. The first-order chi connectivity index (χ1) is 14.0. The molecule has 1 amide bonds. The van der Waals surface area contributed by atoms with Crippen LogP contribution in [0.25, 0.3) is 0 Å². The molecule has 1 aromatic carbocycles. The number of nitrogens with one attached hydrogen (secondary N) is 2. The van der Waals surface area contributed by atoms with Gasteiger partial charge in [-0.15, -0.1) is 0 Å². The normalized spacial score (nSPS) is 18.9. The quantitative estimate of drug-likeness (QED) is 0.547. The molecule has 29 heavy (non-hydrogen) atoms. The third kappa shape index (κ3) is 5.95. The van der Waals surface area contributed by atoms with Crippen molar-refractivity contribution in [3.63, 3.8) is 0 Å². The molecule has 2 saturated heterocycles. The maximum Gasteiger partial charge on any atom is 0.222 e. The van der Waals surface area contributed by atoms with Gasteiger partial charge in [0.05, 0.1) is 0 Å². The molecule has 6 heteroatoms. The minimum absolute atomic E-state index is 0.103. The second kappa shape index (κ2) is 10.1. The van der Waals surface area contributed by atoms with E-state index in [1.54, 1.807) is 0 Å². The topological polar surface area (TPSA) is 60.0 Å². The van der Waals surface area contributed by atoms with E-state index >= 15 is 0 Å². The third-order valence-electron chi connectivity index (χ3n) is 6.22. The average Bonchev–Trinajstić information content (AvgIpc) is 3.14. The number of carbonyl (C=O) groups is 1. The Morgan fingerprint density at radius 3 is 2.41 bits per heavy atom. The molecule has 3 rings (SSSR count). The van der Waals surface area contributed by atoms with Gasteiger partial charge in [0, 0.05) is 45.2 Å². The van der Waals surface area contributed by atoms with Crippen molar-refractivity contribution in [2.75, 3.05) is 33.2 Å². The van der Waals surface area contributed by atoms with E-state index in [1.807, 2.05) is 18.0 Å². The zero-order valence-corrected chi connectivity index (χ0v) is 18.3. The number of benzene rings is 1. The van der Waals surface area contributed by atoms with Gasteiger partial charge < -0.3 is 15.5 Å². The highest BCUT2D eigenvalue weighted by atomic mass is 16.2. The summed E-state index contributed by atoms with van der Waals surface area (Å²) in [7, 11) is 1.82. The van der Waals surface area contributed by atoms with Crippen LogP contribution in [0.15, 0.2) is 29.3 Å². The molecule has 0 aliphatic carbocycles. The van der Waals surface area contributed by atoms with E-state index in [2.05, 4.69) is 52.6 Å². The van der Waals surface area contributed by atoms with Gasteiger partial charge in [0.1, 0.15) is 0 Å². The molecular formula is C23H37N5O. The number of rotatable bonds is 7. The number of nitrogens with zero attached hydrogens (tertiary/aromatic N) is 3. The first-order valence-electron chi connectivity index (χ1n) is 11.0. The van der Waals surface area contributed by atoms with Crippen LogP contribution >= 0.6 is 0 Å². The molecular weight excluding hydrogens is 362 g/mol. The number of guanidine groups is 1. The van der Waals surface area contributed by atoms with Gasteiger partial charge in [-0.25, -0.2) is 0 Å². The van der Waals surface area contributed by atoms with Crippen LogP contribution in [0.1, 0.15) is 57.1 Å². The fourth-order valence-electron chi connectivity index (χ4n) is 4.27. The predicted octanol–water partition coefficient (Wildman–Crippen LogP) is 2.74. The van der Waals surface area contributed by atoms with E-state index in [4.69, 9.17) is 0 Å². The Kier molecular flexibility index (Phi) is 7.53. The average molecular weight is 400 g/mol. The Morgan fingerprint density at radius 2 is 1.76 bits per heavy atom. The number of carbonyl (C=O) groups excluding carboxylic acids is 1. The summed E-state index contributed by atoms with van der Waals surface area (Å²) in [6.45, 7) is 10.1. The van der Waals surface area contributed by atoms with Gasteiger partial charge in [-0.1, -0.05) is 30.7 Å². The lowest BCUT2D eigenvalue weighted by molar-refractivity contribution is -0.128. The van der Waals surface area contributed by atoms with Crippen molar-refractivity contribution in [3.05, 3.63) is 35.4 Å². The van der Waals surface area contributed by atoms with Gasteiger partial charge in [0.2, 0.25) is 5.91 Å². The molecule has 0 bridgehead atoms. The fourth-order valence-corrected chi connectivity index (χ4v) is 4.27. The molecule has 2 aliphatic heterocycles. The van der Waals surface area contributed by atoms with Crippen LogP contribution in [-0.4, -0.2) is 60.4 Å². The molecule has 0 atom stereocenters. The molecule has 160 valence electrons. The molecule has 0 unspecified atom stereocenters. The van der Waals surface area contributed by atoms with Crippen molar-refractivity contribution < 1.29 is 4.79 Å². The van der Waals surface area contributed by atoms with Crippen molar-refractivity contribution in [2.24, 2.45) is 4.99 Å². The third-order valence-corrected chi connectivity index (χ3v) is 6.22. The van der Waals surface area contributed by atoms with Gasteiger partial charge in [-0.2, -0.15) is 0 Å². The molecule has 2 N–H and O–H groups in total. The fraction of sp³-hybridized carbons (Fsp3) is 0.652. The van der Waals surface area contributed by atoms with Crippen LogP contribution in [0.3, 0.4) is 0 Å². The number of hydrogen-bond acceptors (Lipinski definition) is 3. The molecule has 2 heterocycles. The highest BCUT2D eigenvalue weighted by Gasteiger charge is 2.28. The minimum Gasteiger partial charge on any atom is -0.355 e. The van der Waals surface area contributed by atoms with E-state index in [0.29, 0.717) is 19.5 Å². The Hall–Kier alpha value is -2.08. The van der Waals surface area contributed by atoms with E-state index in [0.717, 1.165) is 25.5 Å². The number of amides is 1. The number of piperidine rings is 1. The number of hydrogen-bond donors (Lipinski definition) is 2. The van der Waals surface area contributed by atoms with E-state index in [9.17, 15) is 4.79 Å². The minimum atomic E-state index is 0.103. The maximum atomic E-state index is 12.0. The molecule has 0 radical (unpaired) electrons. The molecule has 0 saturated carbocycles. The zero-order chi connectivity index (χ0) is 20.7. The molecule has 2 fully saturated rings. The van der Waals surface area contributed by atoms with Crippen LogP contribution < -0.4 is 10.6 Å². The van der Waals surface area contributed by atoms with Crippen molar-refractivity contribution in [2.45, 2.75) is 64.6 Å². The van der Waals surface area contributed by atoms with E-state index in [-0.39, 0.29) is 11.4 Å². The lowest BCUT2D eigenvalue weighted by Gasteiger charge is -2.41. The first-order valence-corrected chi connectivity index (χ1v) is 11.0. The highest BCUT2D eigenvalue weighted by molar-refractivity contribution is 5.80. The summed E-state index contributed by atoms with van der Waals surface area (Å²) in [5.41, 5.74) is 2.52.